The standard InChI is InChI=1S/C17H17N5O3/c1-12-19-16(25-20-12)17(24)5-7-21(10-17)15(23)13-3-2-4-14(9-13)22-8-6-18-11-22/h2-4,6,8-9,11,24H,5,7,10H2,1H3/t17-/m1/s1. The van der Waals surface area contributed by atoms with Crippen LogP contribution in [0.5, 0.6) is 0 Å². The summed E-state index contributed by atoms with van der Waals surface area (Å²) in [4.78, 5) is 22.5. The zero-order valence-electron chi connectivity index (χ0n) is 13.7. The molecule has 128 valence electrons. The lowest BCUT2D eigenvalue weighted by Gasteiger charge is -2.20. The first-order valence-corrected chi connectivity index (χ1v) is 7.96. The first kappa shape index (κ1) is 15.5. The molecular weight excluding hydrogens is 322 g/mol. The van der Waals surface area contributed by atoms with Gasteiger partial charge in [0.1, 0.15) is 0 Å². The van der Waals surface area contributed by atoms with Crippen molar-refractivity contribution < 1.29 is 14.4 Å². The predicted molar refractivity (Wildman–Crippen MR) is 87.0 cm³/mol. The van der Waals surface area contributed by atoms with Crippen molar-refractivity contribution >= 4 is 5.91 Å². The Morgan fingerprint density at radius 3 is 3.00 bits per heavy atom. The van der Waals surface area contributed by atoms with Gasteiger partial charge in [0.25, 0.3) is 11.8 Å². The summed E-state index contributed by atoms with van der Waals surface area (Å²) < 4.78 is 6.93. The zero-order chi connectivity index (χ0) is 17.4. The van der Waals surface area contributed by atoms with Gasteiger partial charge < -0.3 is 19.1 Å². The summed E-state index contributed by atoms with van der Waals surface area (Å²) in [6.07, 6.45) is 5.54. The molecule has 0 aliphatic carbocycles. The van der Waals surface area contributed by atoms with Crippen LogP contribution in [0.15, 0.2) is 47.5 Å². The number of aromatic nitrogens is 4. The van der Waals surface area contributed by atoms with E-state index in [0.29, 0.717) is 24.4 Å². The number of imidazole rings is 1. The van der Waals surface area contributed by atoms with Crippen molar-refractivity contribution in [2.24, 2.45) is 0 Å². The third-order valence-electron chi connectivity index (χ3n) is 4.36. The van der Waals surface area contributed by atoms with Gasteiger partial charge in [0.2, 0.25) is 0 Å². The highest BCUT2D eigenvalue weighted by molar-refractivity contribution is 5.95. The molecule has 0 unspecified atom stereocenters. The van der Waals surface area contributed by atoms with Gasteiger partial charge in [-0.3, -0.25) is 4.79 Å². The SMILES string of the molecule is Cc1noc([C@@]2(O)CCN(C(=O)c3cccc(-n4ccnc4)c3)C2)n1. The van der Waals surface area contributed by atoms with E-state index in [-0.39, 0.29) is 18.3 Å². The molecular formula is C17H17N5O3. The van der Waals surface area contributed by atoms with Gasteiger partial charge in [-0.05, 0) is 25.1 Å². The summed E-state index contributed by atoms with van der Waals surface area (Å²) in [6.45, 7) is 2.24. The lowest BCUT2D eigenvalue weighted by atomic mass is 10.0. The van der Waals surface area contributed by atoms with Crippen LogP contribution in [0.1, 0.15) is 28.5 Å². The molecule has 3 heterocycles. The smallest absolute Gasteiger partial charge is 0.260 e. The number of amides is 1. The van der Waals surface area contributed by atoms with E-state index in [4.69, 9.17) is 4.52 Å². The molecule has 1 amide bonds. The maximum atomic E-state index is 12.8. The Morgan fingerprint density at radius 1 is 1.40 bits per heavy atom. The van der Waals surface area contributed by atoms with Crippen LogP contribution in [0.2, 0.25) is 0 Å². The Labute approximate surface area is 143 Å². The fourth-order valence-corrected chi connectivity index (χ4v) is 3.02. The Hall–Kier alpha value is -3.00. The van der Waals surface area contributed by atoms with Crippen LogP contribution in [0, 0.1) is 6.92 Å². The van der Waals surface area contributed by atoms with Gasteiger partial charge in [-0.1, -0.05) is 11.2 Å². The van der Waals surface area contributed by atoms with Gasteiger partial charge in [-0.15, -0.1) is 0 Å². The molecule has 0 bridgehead atoms. The molecule has 8 heteroatoms. The normalized spacial score (nSPS) is 20.2. The van der Waals surface area contributed by atoms with E-state index < -0.39 is 5.60 Å². The Bertz CT molecular complexity index is 905. The van der Waals surface area contributed by atoms with E-state index in [2.05, 4.69) is 15.1 Å². The molecule has 4 rings (SSSR count). The number of rotatable bonds is 3. The molecule has 0 radical (unpaired) electrons. The van der Waals surface area contributed by atoms with Crippen LogP contribution in [-0.4, -0.2) is 48.7 Å². The fraction of sp³-hybridized carbons (Fsp3) is 0.294. The van der Waals surface area contributed by atoms with E-state index in [1.807, 2.05) is 22.9 Å². The van der Waals surface area contributed by atoms with Gasteiger partial charge in [0.05, 0.1) is 12.9 Å². The molecule has 1 aliphatic rings. The molecule has 0 spiro atoms. The topological polar surface area (TPSA) is 97.3 Å². The minimum absolute atomic E-state index is 0.128. The lowest BCUT2D eigenvalue weighted by molar-refractivity contribution is 0.0136. The van der Waals surface area contributed by atoms with Crippen molar-refractivity contribution in [3.8, 4) is 5.69 Å². The van der Waals surface area contributed by atoms with Crippen molar-refractivity contribution in [2.45, 2.75) is 18.9 Å². The quantitative estimate of drug-likeness (QED) is 0.772. The highest BCUT2D eigenvalue weighted by atomic mass is 16.5. The number of benzene rings is 1. The second kappa shape index (κ2) is 5.82. The highest BCUT2D eigenvalue weighted by Gasteiger charge is 2.44. The van der Waals surface area contributed by atoms with Crippen molar-refractivity contribution in [3.63, 3.8) is 0 Å². The molecule has 1 aliphatic heterocycles. The Balaban J connectivity index is 1.55. The van der Waals surface area contributed by atoms with E-state index in [1.165, 1.54) is 0 Å². The summed E-state index contributed by atoms with van der Waals surface area (Å²) in [5.41, 5.74) is 0.112. The van der Waals surface area contributed by atoms with Gasteiger partial charge in [-0.25, -0.2) is 4.98 Å². The first-order chi connectivity index (χ1) is 12.0. The maximum Gasteiger partial charge on any atom is 0.260 e. The molecule has 25 heavy (non-hydrogen) atoms. The van der Waals surface area contributed by atoms with Crippen molar-refractivity contribution in [1.82, 2.24) is 24.6 Å². The van der Waals surface area contributed by atoms with Crippen LogP contribution in [-0.2, 0) is 5.60 Å². The molecule has 3 aromatic rings. The second-order valence-electron chi connectivity index (χ2n) is 6.18. The average molecular weight is 339 g/mol. The summed E-state index contributed by atoms with van der Waals surface area (Å²) in [5, 5.41) is 14.5. The van der Waals surface area contributed by atoms with Crippen molar-refractivity contribution in [2.75, 3.05) is 13.1 Å². The molecule has 2 aromatic heterocycles. The molecule has 0 saturated carbocycles. The number of nitrogens with zero attached hydrogens (tertiary/aromatic N) is 5. The molecule has 1 atom stereocenters. The van der Waals surface area contributed by atoms with Crippen LogP contribution in [0.3, 0.4) is 0 Å². The van der Waals surface area contributed by atoms with E-state index in [1.54, 1.807) is 36.5 Å². The van der Waals surface area contributed by atoms with E-state index in [0.717, 1.165) is 5.69 Å². The zero-order valence-corrected chi connectivity index (χ0v) is 13.7. The predicted octanol–water partition coefficient (Wildman–Crippen LogP) is 1.30. The Morgan fingerprint density at radius 2 is 2.28 bits per heavy atom. The lowest BCUT2D eigenvalue weighted by Crippen LogP contribution is -2.34. The minimum atomic E-state index is -1.29. The second-order valence-corrected chi connectivity index (χ2v) is 6.18. The number of aliphatic hydroxyl groups is 1. The number of carbonyl (C=O) groups excluding carboxylic acids is 1. The van der Waals surface area contributed by atoms with Crippen molar-refractivity contribution in [1.29, 1.82) is 0 Å². The third kappa shape index (κ3) is 2.80. The molecule has 1 fully saturated rings. The van der Waals surface area contributed by atoms with E-state index in [9.17, 15) is 9.90 Å². The van der Waals surface area contributed by atoms with Gasteiger partial charge >= 0.3 is 0 Å². The summed E-state index contributed by atoms with van der Waals surface area (Å²) >= 11 is 0. The van der Waals surface area contributed by atoms with E-state index >= 15 is 0 Å². The number of β-amino-alcohol motifs (C(OH)–C–C–N with tert-alkyl or cyclic N) is 1. The molecule has 1 aromatic carbocycles. The van der Waals surface area contributed by atoms with Gasteiger partial charge in [0, 0.05) is 36.6 Å². The third-order valence-corrected chi connectivity index (χ3v) is 4.36. The number of hydrogen-bond acceptors (Lipinski definition) is 6. The van der Waals surface area contributed by atoms with Gasteiger partial charge in [-0.2, -0.15) is 4.98 Å². The number of likely N-dealkylation sites (tertiary alicyclic amines) is 1. The summed E-state index contributed by atoms with van der Waals surface area (Å²) in [6, 6.07) is 7.29. The monoisotopic (exact) mass is 339 g/mol. The largest absolute Gasteiger partial charge is 0.378 e. The van der Waals surface area contributed by atoms with Crippen LogP contribution in [0.4, 0.5) is 0 Å². The Kier molecular flexibility index (Phi) is 3.61. The number of carbonyl (C=O) groups is 1. The molecule has 8 nitrogen and oxygen atoms in total. The van der Waals surface area contributed by atoms with Crippen LogP contribution < -0.4 is 0 Å². The first-order valence-electron chi connectivity index (χ1n) is 7.96. The average Bonchev–Trinajstić information content (AvgIpc) is 3.35. The molecule has 1 saturated heterocycles. The number of hydrogen-bond donors (Lipinski definition) is 1. The van der Waals surface area contributed by atoms with Crippen LogP contribution in [0.25, 0.3) is 5.69 Å². The van der Waals surface area contributed by atoms with Crippen molar-refractivity contribution in [3.05, 3.63) is 60.3 Å². The van der Waals surface area contributed by atoms with Crippen LogP contribution >= 0.6 is 0 Å². The summed E-state index contributed by atoms with van der Waals surface area (Å²) in [5.74, 6) is 0.475. The number of aryl methyl sites for hydroxylation is 1. The minimum Gasteiger partial charge on any atom is -0.378 e. The highest BCUT2D eigenvalue weighted by Crippen LogP contribution is 2.31. The van der Waals surface area contributed by atoms with Gasteiger partial charge in [0.15, 0.2) is 11.4 Å². The fourth-order valence-electron chi connectivity index (χ4n) is 3.02. The molecule has 1 N–H and O–H groups in total. The maximum absolute atomic E-state index is 12.8. The summed E-state index contributed by atoms with van der Waals surface area (Å²) in [7, 11) is 0.